The van der Waals surface area contributed by atoms with Gasteiger partial charge < -0.3 is 14.3 Å². The molecular formula is C13H13ClO3. The summed E-state index contributed by atoms with van der Waals surface area (Å²) in [4.78, 5) is 0. The van der Waals surface area contributed by atoms with Crippen LogP contribution in [0.5, 0.6) is 0 Å². The van der Waals surface area contributed by atoms with Crippen molar-refractivity contribution in [2.45, 2.75) is 24.5 Å². The Morgan fingerprint density at radius 3 is 2.88 bits per heavy atom. The molecule has 0 bridgehead atoms. The van der Waals surface area contributed by atoms with E-state index < -0.39 is 5.60 Å². The Morgan fingerprint density at radius 1 is 1.47 bits per heavy atom. The maximum absolute atomic E-state index is 10.4. The van der Waals surface area contributed by atoms with Crippen molar-refractivity contribution in [3.05, 3.63) is 35.0 Å². The molecule has 0 aliphatic heterocycles. The molecule has 1 saturated carbocycles. The van der Waals surface area contributed by atoms with E-state index in [-0.39, 0.29) is 6.10 Å². The normalized spacial score (nSPS) is 28.3. The van der Waals surface area contributed by atoms with Gasteiger partial charge in [-0.25, -0.2) is 0 Å². The van der Waals surface area contributed by atoms with Gasteiger partial charge >= 0.3 is 0 Å². The fourth-order valence-electron chi connectivity index (χ4n) is 2.32. The predicted molar refractivity (Wildman–Crippen MR) is 65.2 cm³/mol. The predicted octanol–water partition coefficient (Wildman–Crippen LogP) is 3.08. The highest BCUT2D eigenvalue weighted by molar-refractivity contribution is 6.34. The largest absolute Gasteiger partial charge is 0.456 e. The van der Waals surface area contributed by atoms with Crippen LogP contribution >= 0.6 is 11.6 Å². The van der Waals surface area contributed by atoms with Crippen LogP contribution < -0.4 is 0 Å². The summed E-state index contributed by atoms with van der Waals surface area (Å²) in [6, 6.07) is 7.42. The SMILES string of the molecule is COC1CC(O)(c2cc3cccc(Cl)c3o2)C1. The molecule has 1 aliphatic carbocycles. The van der Waals surface area contributed by atoms with Gasteiger partial charge in [0.1, 0.15) is 11.4 Å². The summed E-state index contributed by atoms with van der Waals surface area (Å²) in [5, 5.41) is 11.8. The zero-order valence-electron chi connectivity index (χ0n) is 9.44. The Kier molecular flexibility index (Phi) is 2.43. The second-order valence-electron chi connectivity index (χ2n) is 4.57. The van der Waals surface area contributed by atoms with E-state index in [1.165, 1.54) is 0 Å². The van der Waals surface area contributed by atoms with E-state index in [1.807, 2.05) is 18.2 Å². The molecule has 0 unspecified atom stereocenters. The van der Waals surface area contributed by atoms with Crippen LogP contribution in [-0.4, -0.2) is 18.3 Å². The van der Waals surface area contributed by atoms with Crippen LogP contribution in [0.4, 0.5) is 0 Å². The van der Waals surface area contributed by atoms with Crippen molar-refractivity contribution in [1.29, 1.82) is 0 Å². The van der Waals surface area contributed by atoms with Crippen LogP contribution in [0.2, 0.25) is 5.02 Å². The van der Waals surface area contributed by atoms with E-state index in [2.05, 4.69) is 0 Å². The number of hydrogen-bond donors (Lipinski definition) is 1. The standard InChI is InChI=1S/C13H13ClO3/c1-16-9-6-13(15,7-9)11-5-8-3-2-4-10(14)12(8)17-11/h2-5,9,15H,6-7H2,1H3. The van der Waals surface area contributed by atoms with Crippen molar-refractivity contribution < 1.29 is 14.3 Å². The summed E-state index contributed by atoms with van der Waals surface area (Å²) < 4.78 is 10.8. The Hall–Kier alpha value is -1.03. The molecule has 1 aromatic carbocycles. The number of rotatable bonds is 2. The number of hydrogen-bond acceptors (Lipinski definition) is 3. The maximum atomic E-state index is 10.4. The number of ether oxygens (including phenoxy) is 1. The summed E-state index contributed by atoms with van der Waals surface area (Å²) in [7, 11) is 1.65. The van der Waals surface area contributed by atoms with Gasteiger partial charge in [-0.2, -0.15) is 0 Å². The average Bonchev–Trinajstić information content (AvgIpc) is 2.70. The lowest BCUT2D eigenvalue weighted by Crippen LogP contribution is -2.45. The van der Waals surface area contributed by atoms with Crippen LogP contribution in [0.15, 0.2) is 28.7 Å². The van der Waals surface area contributed by atoms with E-state index in [1.54, 1.807) is 13.2 Å². The van der Waals surface area contributed by atoms with Crippen LogP contribution in [0, 0.1) is 0 Å². The minimum absolute atomic E-state index is 0.115. The first-order valence-electron chi connectivity index (χ1n) is 5.56. The lowest BCUT2D eigenvalue weighted by molar-refractivity contribution is -0.142. The summed E-state index contributed by atoms with van der Waals surface area (Å²) in [5.74, 6) is 0.578. The van der Waals surface area contributed by atoms with Crippen molar-refractivity contribution in [2.24, 2.45) is 0 Å². The third kappa shape index (κ3) is 1.66. The minimum Gasteiger partial charge on any atom is -0.456 e. The third-order valence-electron chi connectivity index (χ3n) is 3.42. The monoisotopic (exact) mass is 252 g/mol. The zero-order valence-corrected chi connectivity index (χ0v) is 10.2. The molecule has 3 rings (SSSR count). The molecule has 3 nitrogen and oxygen atoms in total. The van der Waals surface area contributed by atoms with Gasteiger partial charge in [0.25, 0.3) is 0 Å². The lowest BCUT2D eigenvalue weighted by Gasteiger charge is -2.40. The summed E-state index contributed by atoms with van der Waals surface area (Å²) in [6.07, 6.45) is 1.26. The smallest absolute Gasteiger partial charge is 0.153 e. The van der Waals surface area contributed by atoms with Crippen LogP contribution in [0.25, 0.3) is 11.0 Å². The number of fused-ring (bicyclic) bond motifs is 1. The second kappa shape index (κ2) is 3.73. The lowest BCUT2D eigenvalue weighted by atomic mass is 9.76. The van der Waals surface area contributed by atoms with Gasteiger partial charge in [-0.3, -0.25) is 0 Å². The molecule has 1 N–H and O–H groups in total. The molecule has 1 aromatic heterocycles. The van der Waals surface area contributed by atoms with Crippen molar-refractivity contribution >= 4 is 22.6 Å². The number of halogens is 1. The van der Waals surface area contributed by atoms with E-state index in [0.717, 1.165) is 5.39 Å². The van der Waals surface area contributed by atoms with Crippen molar-refractivity contribution in [3.63, 3.8) is 0 Å². The maximum Gasteiger partial charge on any atom is 0.153 e. The quantitative estimate of drug-likeness (QED) is 0.893. The summed E-state index contributed by atoms with van der Waals surface area (Å²) in [6.45, 7) is 0. The number of benzene rings is 1. The summed E-state index contributed by atoms with van der Waals surface area (Å²) >= 11 is 6.04. The second-order valence-corrected chi connectivity index (χ2v) is 4.97. The fourth-order valence-corrected chi connectivity index (χ4v) is 2.54. The third-order valence-corrected chi connectivity index (χ3v) is 3.72. The molecule has 1 heterocycles. The zero-order chi connectivity index (χ0) is 12.0. The van der Waals surface area contributed by atoms with E-state index in [4.69, 9.17) is 20.8 Å². The molecule has 4 heteroatoms. The highest BCUT2D eigenvalue weighted by Gasteiger charge is 2.46. The van der Waals surface area contributed by atoms with Gasteiger partial charge in [0.2, 0.25) is 0 Å². The summed E-state index contributed by atoms with van der Waals surface area (Å²) in [5.41, 5.74) is -0.262. The number of aliphatic hydroxyl groups is 1. The van der Waals surface area contributed by atoms with Gasteiger partial charge in [0.05, 0.1) is 11.1 Å². The molecule has 0 atom stereocenters. The van der Waals surface area contributed by atoms with E-state index >= 15 is 0 Å². The molecule has 2 aromatic rings. The molecule has 1 aliphatic rings. The molecule has 1 fully saturated rings. The number of furan rings is 1. The fraction of sp³-hybridized carbons (Fsp3) is 0.385. The first kappa shape index (κ1) is 11.1. The Balaban J connectivity index is 1.99. The van der Waals surface area contributed by atoms with Crippen molar-refractivity contribution in [2.75, 3.05) is 7.11 Å². The van der Waals surface area contributed by atoms with Crippen molar-refractivity contribution in [3.8, 4) is 0 Å². The first-order chi connectivity index (χ1) is 8.12. The van der Waals surface area contributed by atoms with Gasteiger partial charge in [0.15, 0.2) is 5.58 Å². The number of methoxy groups -OCH3 is 1. The van der Waals surface area contributed by atoms with Gasteiger partial charge in [0, 0.05) is 25.3 Å². The van der Waals surface area contributed by atoms with Crippen LogP contribution in [0.1, 0.15) is 18.6 Å². The molecule has 0 spiro atoms. The van der Waals surface area contributed by atoms with Gasteiger partial charge in [-0.15, -0.1) is 0 Å². The molecule has 0 amide bonds. The molecular weight excluding hydrogens is 240 g/mol. The Bertz CT molecular complexity index is 555. The Morgan fingerprint density at radius 2 is 2.24 bits per heavy atom. The van der Waals surface area contributed by atoms with E-state index in [9.17, 15) is 5.11 Å². The molecule has 0 radical (unpaired) electrons. The topological polar surface area (TPSA) is 42.6 Å². The van der Waals surface area contributed by atoms with Gasteiger partial charge in [-0.05, 0) is 12.1 Å². The van der Waals surface area contributed by atoms with Gasteiger partial charge in [-0.1, -0.05) is 23.7 Å². The highest BCUT2D eigenvalue weighted by atomic mass is 35.5. The molecule has 90 valence electrons. The average molecular weight is 253 g/mol. The molecule has 17 heavy (non-hydrogen) atoms. The van der Waals surface area contributed by atoms with E-state index in [0.29, 0.717) is 29.2 Å². The minimum atomic E-state index is -0.900. The van der Waals surface area contributed by atoms with Crippen LogP contribution in [0.3, 0.4) is 0 Å². The Labute approximate surface area is 104 Å². The molecule has 0 saturated heterocycles. The van der Waals surface area contributed by atoms with Crippen LogP contribution in [-0.2, 0) is 10.3 Å². The number of para-hydroxylation sites is 1. The first-order valence-corrected chi connectivity index (χ1v) is 5.94. The van der Waals surface area contributed by atoms with Crippen molar-refractivity contribution in [1.82, 2.24) is 0 Å². The highest BCUT2D eigenvalue weighted by Crippen LogP contribution is 2.45.